The fraction of sp³-hybridized carbons (Fsp3) is 0.0909. The number of ether oxygens (including phenoxy) is 2. The molecule has 3 aromatic rings. The molecule has 0 aromatic heterocycles. The lowest BCUT2D eigenvalue weighted by Crippen LogP contribution is -2.24. The average Bonchev–Trinajstić information content (AvgIpc) is 2.75. The Morgan fingerprint density at radius 3 is 2.47 bits per heavy atom. The predicted molar refractivity (Wildman–Crippen MR) is 120 cm³/mol. The molecule has 8 heteroatoms. The summed E-state index contributed by atoms with van der Waals surface area (Å²) >= 11 is 17.8. The van der Waals surface area contributed by atoms with E-state index in [2.05, 4.69) is 10.5 Å². The summed E-state index contributed by atoms with van der Waals surface area (Å²) in [4.78, 5) is 11.9. The average molecular weight is 464 g/mol. The summed E-state index contributed by atoms with van der Waals surface area (Å²) in [7, 11) is 0. The molecule has 5 nitrogen and oxygen atoms in total. The van der Waals surface area contributed by atoms with Gasteiger partial charge in [-0.25, -0.2) is 5.43 Å². The first-order chi connectivity index (χ1) is 14.5. The van der Waals surface area contributed by atoms with E-state index in [0.717, 1.165) is 11.1 Å². The summed E-state index contributed by atoms with van der Waals surface area (Å²) in [5, 5.41) is 4.77. The standard InChI is InChI=1S/C22H17Cl3N2O3/c23-18-10-20(25)21(11-19(18)24)30-14-22(28)27-26-12-16-7-4-8-17(9-16)29-13-15-5-2-1-3-6-15/h1-12H,13-14H2,(H,27,28). The molecule has 0 radical (unpaired) electrons. The Balaban J connectivity index is 1.49. The summed E-state index contributed by atoms with van der Waals surface area (Å²) in [6.45, 7) is 0.183. The predicted octanol–water partition coefficient (Wildman–Crippen LogP) is 5.75. The summed E-state index contributed by atoms with van der Waals surface area (Å²) in [5.74, 6) is 0.505. The first-order valence-electron chi connectivity index (χ1n) is 8.87. The van der Waals surface area contributed by atoms with Crippen molar-refractivity contribution >= 4 is 46.9 Å². The molecule has 0 aliphatic carbocycles. The maximum absolute atomic E-state index is 11.9. The molecule has 0 aliphatic rings. The van der Waals surface area contributed by atoms with E-state index in [9.17, 15) is 4.79 Å². The first-order valence-corrected chi connectivity index (χ1v) is 10.0. The van der Waals surface area contributed by atoms with E-state index in [4.69, 9.17) is 44.3 Å². The zero-order valence-corrected chi connectivity index (χ0v) is 17.9. The van der Waals surface area contributed by atoms with Crippen molar-refractivity contribution in [2.24, 2.45) is 5.10 Å². The second-order valence-corrected chi connectivity index (χ2v) is 7.35. The highest BCUT2D eigenvalue weighted by Crippen LogP contribution is 2.33. The fourth-order valence-corrected chi connectivity index (χ4v) is 2.99. The number of nitrogens with one attached hydrogen (secondary N) is 1. The molecule has 0 bridgehead atoms. The quantitative estimate of drug-likeness (QED) is 0.263. The molecule has 0 fully saturated rings. The summed E-state index contributed by atoms with van der Waals surface area (Å²) in [6.07, 6.45) is 1.51. The van der Waals surface area contributed by atoms with E-state index in [1.807, 2.05) is 54.6 Å². The molecule has 0 heterocycles. The van der Waals surface area contributed by atoms with Crippen molar-refractivity contribution in [1.82, 2.24) is 5.43 Å². The monoisotopic (exact) mass is 462 g/mol. The molecular weight excluding hydrogens is 447 g/mol. The van der Waals surface area contributed by atoms with E-state index in [1.54, 1.807) is 0 Å². The van der Waals surface area contributed by atoms with Crippen LogP contribution in [0, 0.1) is 0 Å². The molecule has 30 heavy (non-hydrogen) atoms. The summed E-state index contributed by atoms with van der Waals surface area (Å²) in [6, 6.07) is 20.1. The smallest absolute Gasteiger partial charge is 0.277 e. The van der Waals surface area contributed by atoms with Gasteiger partial charge in [0.15, 0.2) is 6.61 Å². The Morgan fingerprint density at radius 2 is 1.67 bits per heavy atom. The SMILES string of the molecule is O=C(COc1cc(Cl)c(Cl)cc1Cl)NN=Cc1cccc(OCc2ccccc2)c1. The molecule has 0 atom stereocenters. The molecule has 3 rings (SSSR count). The molecular formula is C22H17Cl3N2O3. The van der Waals surface area contributed by atoms with E-state index >= 15 is 0 Å². The third-order valence-electron chi connectivity index (χ3n) is 3.84. The second kappa shape index (κ2) is 10.9. The molecule has 3 aromatic carbocycles. The van der Waals surface area contributed by atoms with Gasteiger partial charge in [-0.2, -0.15) is 5.10 Å². The minimum absolute atomic E-state index is 0.257. The molecule has 1 N–H and O–H groups in total. The third kappa shape index (κ3) is 6.66. The minimum atomic E-state index is -0.454. The highest BCUT2D eigenvalue weighted by Gasteiger charge is 2.09. The van der Waals surface area contributed by atoms with Crippen molar-refractivity contribution in [1.29, 1.82) is 0 Å². The Hall–Kier alpha value is -2.73. The van der Waals surface area contributed by atoms with Gasteiger partial charge < -0.3 is 9.47 Å². The van der Waals surface area contributed by atoms with Crippen LogP contribution in [0.5, 0.6) is 11.5 Å². The lowest BCUT2D eigenvalue weighted by Gasteiger charge is -2.08. The van der Waals surface area contributed by atoms with Crippen LogP contribution in [0.3, 0.4) is 0 Å². The van der Waals surface area contributed by atoms with Crippen LogP contribution in [-0.2, 0) is 11.4 Å². The van der Waals surface area contributed by atoms with E-state index in [1.165, 1.54) is 18.3 Å². The van der Waals surface area contributed by atoms with Crippen LogP contribution >= 0.6 is 34.8 Å². The molecule has 0 unspecified atom stereocenters. The Bertz CT molecular complexity index is 1040. The minimum Gasteiger partial charge on any atom is -0.489 e. The summed E-state index contributed by atoms with van der Waals surface area (Å²) in [5.41, 5.74) is 4.23. The third-order valence-corrected chi connectivity index (χ3v) is 4.86. The van der Waals surface area contributed by atoms with Gasteiger partial charge in [-0.3, -0.25) is 4.79 Å². The van der Waals surface area contributed by atoms with Crippen molar-refractivity contribution < 1.29 is 14.3 Å². The normalized spacial score (nSPS) is 10.8. The fourth-order valence-electron chi connectivity index (χ4n) is 2.39. The molecule has 0 aliphatic heterocycles. The van der Waals surface area contributed by atoms with Gasteiger partial charge in [0.1, 0.15) is 18.1 Å². The maximum atomic E-state index is 11.9. The highest BCUT2D eigenvalue weighted by atomic mass is 35.5. The van der Waals surface area contributed by atoms with Gasteiger partial charge in [-0.15, -0.1) is 0 Å². The lowest BCUT2D eigenvalue weighted by molar-refractivity contribution is -0.123. The van der Waals surface area contributed by atoms with Gasteiger partial charge in [-0.05, 0) is 29.3 Å². The van der Waals surface area contributed by atoms with Gasteiger partial charge in [0, 0.05) is 6.07 Å². The van der Waals surface area contributed by atoms with Crippen LogP contribution in [0.1, 0.15) is 11.1 Å². The van der Waals surface area contributed by atoms with E-state index in [-0.39, 0.29) is 22.4 Å². The second-order valence-electron chi connectivity index (χ2n) is 6.13. The van der Waals surface area contributed by atoms with E-state index in [0.29, 0.717) is 17.4 Å². The zero-order valence-electron chi connectivity index (χ0n) is 15.6. The van der Waals surface area contributed by atoms with Crippen molar-refractivity contribution in [2.45, 2.75) is 6.61 Å². The summed E-state index contributed by atoms with van der Waals surface area (Å²) < 4.78 is 11.1. The lowest BCUT2D eigenvalue weighted by atomic mass is 10.2. The van der Waals surface area contributed by atoms with Crippen molar-refractivity contribution in [3.63, 3.8) is 0 Å². The first kappa shape index (κ1) is 22.0. The van der Waals surface area contributed by atoms with Crippen LogP contribution < -0.4 is 14.9 Å². The van der Waals surface area contributed by atoms with Gasteiger partial charge in [-0.1, -0.05) is 77.3 Å². The number of carbonyl (C=O) groups excluding carboxylic acids is 1. The number of benzene rings is 3. The Kier molecular flexibility index (Phi) is 7.97. The highest BCUT2D eigenvalue weighted by molar-refractivity contribution is 6.43. The largest absolute Gasteiger partial charge is 0.489 e. The van der Waals surface area contributed by atoms with Gasteiger partial charge >= 0.3 is 0 Å². The van der Waals surface area contributed by atoms with Crippen molar-refractivity contribution in [3.8, 4) is 11.5 Å². The van der Waals surface area contributed by atoms with Crippen LogP contribution in [0.25, 0.3) is 0 Å². The number of rotatable bonds is 8. The molecule has 154 valence electrons. The molecule has 0 saturated carbocycles. The maximum Gasteiger partial charge on any atom is 0.277 e. The number of hydrogen-bond acceptors (Lipinski definition) is 4. The number of nitrogens with zero attached hydrogens (tertiary/aromatic N) is 1. The number of halogens is 3. The van der Waals surface area contributed by atoms with Crippen LogP contribution in [-0.4, -0.2) is 18.7 Å². The van der Waals surface area contributed by atoms with Crippen LogP contribution in [0.4, 0.5) is 0 Å². The zero-order chi connectivity index (χ0) is 21.3. The van der Waals surface area contributed by atoms with Crippen molar-refractivity contribution in [3.05, 3.63) is 92.9 Å². The Labute approximate surface area is 189 Å². The number of hydrazone groups is 1. The van der Waals surface area contributed by atoms with E-state index < -0.39 is 5.91 Å². The van der Waals surface area contributed by atoms with Crippen LogP contribution in [0.15, 0.2) is 71.8 Å². The number of carbonyl (C=O) groups is 1. The molecule has 0 spiro atoms. The van der Waals surface area contributed by atoms with Crippen molar-refractivity contribution in [2.75, 3.05) is 6.61 Å². The molecule has 1 amide bonds. The number of hydrogen-bond donors (Lipinski definition) is 1. The molecule has 0 saturated heterocycles. The topological polar surface area (TPSA) is 59.9 Å². The van der Waals surface area contributed by atoms with Crippen LogP contribution in [0.2, 0.25) is 15.1 Å². The van der Waals surface area contributed by atoms with Gasteiger partial charge in [0.2, 0.25) is 0 Å². The number of amides is 1. The van der Waals surface area contributed by atoms with Gasteiger partial charge in [0.05, 0.1) is 21.3 Å². The van der Waals surface area contributed by atoms with Gasteiger partial charge in [0.25, 0.3) is 5.91 Å². The Morgan fingerprint density at radius 1 is 0.900 bits per heavy atom.